The molecule has 150 valence electrons. The number of amides is 1. The maximum atomic E-state index is 12.4. The largest absolute Gasteiger partial charge is 0.496 e. The van der Waals surface area contributed by atoms with Crippen molar-refractivity contribution in [1.82, 2.24) is 20.3 Å². The van der Waals surface area contributed by atoms with E-state index in [-0.39, 0.29) is 18.9 Å². The standard InChI is InChI=1S/C20H28N6O2/c1-25(2)19-22-17(23-20(24-19)26-11-7-4-8-12-26)14-21-18(27)13-15-9-5-6-10-16(15)28-3/h5-6,9-10H,4,7-8,11-14H2,1-3H3,(H,21,27). The predicted octanol–water partition coefficient (Wildman–Crippen LogP) is 1.80. The van der Waals surface area contributed by atoms with Gasteiger partial charge in [-0.05, 0) is 25.3 Å². The Morgan fingerprint density at radius 3 is 2.61 bits per heavy atom. The molecule has 0 saturated carbocycles. The smallest absolute Gasteiger partial charge is 0.230 e. The lowest BCUT2D eigenvalue weighted by Crippen LogP contribution is -2.33. The molecule has 8 heteroatoms. The van der Waals surface area contributed by atoms with Gasteiger partial charge in [-0.3, -0.25) is 4.79 Å². The number of hydrogen-bond donors (Lipinski definition) is 1. The lowest BCUT2D eigenvalue weighted by Gasteiger charge is -2.27. The number of aromatic nitrogens is 3. The molecule has 0 atom stereocenters. The molecule has 1 fully saturated rings. The van der Waals surface area contributed by atoms with Crippen molar-refractivity contribution in [2.75, 3.05) is 44.1 Å². The number of benzene rings is 1. The molecule has 8 nitrogen and oxygen atoms in total. The molecule has 1 aliphatic heterocycles. The molecule has 1 aliphatic rings. The summed E-state index contributed by atoms with van der Waals surface area (Å²) in [6.07, 6.45) is 3.78. The Labute approximate surface area is 166 Å². The molecule has 0 spiro atoms. The number of carbonyl (C=O) groups excluding carboxylic acids is 1. The van der Waals surface area contributed by atoms with Crippen LogP contribution < -0.4 is 19.9 Å². The minimum atomic E-state index is -0.101. The molecule has 2 aromatic rings. The number of nitrogens with zero attached hydrogens (tertiary/aromatic N) is 5. The summed E-state index contributed by atoms with van der Waals surface area (Å²) >= 11 is 0. The number of anilines is 2. The van der Waals surface area contributed by atoms with Gasteiger partial charge in [-0.25, -0.2) is 0 Å². The fourth-order valence-corrected chi connectivity index (χ4v) is 3.17. The second-order valence-corrected chi connectivity index (χ2v) is 7.06. The fourth-order valence-electron chi connectivity index (χ4n) is 3.17. The average molecular weight is 384 g/mol. The van der Waals surface area contributed by atoms with E-state index < -0.39 is 0 Å². The molecule has 1 N–H and O–H groups in total. The molecule has 2 heterocycles. The van der Waals surface area contributed by atoms with Gasteiger partial charge in [0, 0.05) is 32.7 Å². The first-order valence-electron chi connectivity index (χ1n) is 9.62. The Morgan fingerprint density at radius 1 is 1.14 bits per heavy atom. The van der Waals surface area contributed by atoms with Crippen molar-refractivity contribution in [3.8, 4) is 5.75 Å². The first-order valence-corrected chi connectivity index (χ1v) is 9.62. The SMILES string of the molecule is COc1ccccc1CC(=O)NCc1nc(N(C)C)nc(N2CCCCC2)n1. The maximum absolute atomic E-state index is 12.4. The van der Waals surface area contributed by atoms with Crippen LogP contribution in [0.3, 0.4) is 0 Å². The number of para-hydroxylation sites is 1. The molecule has 0 unspecified atom stereocenters. The average Bonchev–Trinajstić information content (AvgIpc) is 2.73. The predicted molar refractivity (Wildman–Crippen MR) is 109 cm³/mol. The van der Waals surface area contributed by atoms with E-state index in [0.717, 1.165) is 31.5 Å². The third-order valence-electron chi connectivity index (χ3n) is 4.68. The van der Waals surface area contributed by atoms with Crippen LogP contribution in [0.25, 0.3) is 0 Å². The maximum Gasteiger partial charge on any atom is 0.230 e. The first-order chi connectivity index (χ1) is 13.6. The molecule has 1 aromatic heterocycles. The number of ether oxygens (including phenoxy) is 1. The zero-order chi connectivity index (χ0) is 19.9. The monoisotopic (exact) mass is 384 g/mol. The summed E-state index contributed by atoms with van der Waals surface area (Å²) in [4.78, 5) is 30.1. The minimum Gasteiger partial charge on any atom is -0.496 e. The van der Waals surface area contributed by atoms with Gasteiger partial charge in [0.05, 0.1) is 20.1 Å². The van der Waals surface area contributed by atoms with Crippen LogP contribution >= 0.6 is 0 Å². The van der Waals surface area contributed by atoms with E-state index in [2.05, 4.69) is 25.2 Å². The highest BCUT2D eigenvalue weighted by Gasteiger charge is 2.17. The number of rotatable bonds is 7. The van der Waals surface area contributed by atoms with Crippen molar-refractivity contribution < 1.29 is 9.53 Å². The third kappa shape index (κ3) is 5.09. The van der Waals surface area contributed by atoms with Crippen LogP contribution in [0.15, 0.2) is 24.3 Å². The topological polar surface area (TPSA) is 83.5 Å². The Morgan fingerprint density at radius 2 is 1.89 bits per heavy atom. The summed E-state index contributed by atoms with van der Waals surface area (Å²) in [6, 6.07) is 7.52. The zero-order valence-electron chi connectivity index (χ0n) is 16.8. The highest BCUT2D eigenvalue weighted by molar-refractivity contribution is 5.79. The van der Waals surface area contributed by atoms with Crippen LogP contribution in [0.2, 0.25) is 0 Å². The highest BCUT2D eigenvalue weighted by atomic mass is 16.5. The fraction of sp³-hybridized carbons (Fsp3) is 0.500. The van der Waals surface area contributed by atoms with Crippen LogP contribution in [0.1, 0.15) is 30.7 Å². The van der Waals surface area contributed by atoms with Crippen LogP contribution in [0, 0.1) is 0 Å². The van der Waals surface area contributed by atoms with E-state index in [1.807, 2.05) is 43.3 Å². The van der Waals surface area contributed by atoms with E-state index in [1.165, 1.54) is 6.42 Å². The van der Waals surface area contributed by atoms with Gasteiger partial charge in [0.25, 0.3) is 0 Å². The van der Waals surface area contributed by atoms with Gasteiger partial charge in [-0.2, -0.15) is 15.0 Å². The van der Waals surface area contributed by atoms with Crippen molar-refractivity contribution in [3.63, 3.8) is 0 Å². The van der Waals surface area contributed by atoms with Gasteiger partial charge in [0.1, 0.15) is 5.75 Å². The van der Waals surface area contributed by atoms with Gasteiger partial charge in [-0.1, -0.05) is 18.2 Å². The summed E-state index contributed by atoms with van der Waals surface area (Å²) in [7, 11) is 5.41. The molecule has 0 aliphatic carbocycles. The molecular formula is C20H28N6O2. The van der Waals surface area contributed by atoms with Crippen LogP contribution in [-0.4, -0.2) is 55.2 Å². The Kier molecular flexibility index (Phi) is 6.62. The van der Waals surface area contributed by atoms with E-state index in [0.29, 0.717) is 23.5 Å². The van der Waals surface area contributed by atoms with Crippen LogP contribution in [0.4, 0.5) is 11.9 Å². The Bertz CT molecular complexity index is 805. The van der Waals surface area contributed by atoms with Crippen molar-refractivity contribution in [3.05, 3.63) is 35.7 Å². The normalized spacial score (nSPS) is 13.9. The quantitative estimate of drug-likeness (QED) is 0.779. The van der Waals surface area contributed by atoms with E-state index >= 15 is 0 Å². The molecule has 28 heavy (non-hydrogen) atoms. The van der Waals surface area contributed by atoms with Crippen molar-refractivity contribution >= 4 is 17.8 Å². The lowest BCUT2D eigenvalue weighted by molar-refractivity contribution is -0.120. The molecular weight excluding hydrogens is 356 g/mol. The van der Waals surface area contributed by atoms with Crippen molar-refractivity contribution in [2.45, 2.75) is 32.2 Å². The molecule has 3 rings (SSSR count). The zero-order valence-corrected chi connectivity index (χ0v) is 16.8. The van der Waals surface area contributed by atoms with Crippen LogP contribution in [0.5, 0.6) is 5.75 Å². The summed E-state index contributed by atoms with van der Waals surface area (Å²) in [6.45, 7) is 2.17. The Hall–Kier alpha value is -2.90. The number of nitrogens with one attached hydrogen (secondary N) is 1. The number of hydrogen-bond acceptors (Lipinski definition) is 7. The van der Waals surface area contributed by atoms with E-state index in [4.69, 9.17) is 4.74 Å². The summed E-state index contributed by atoms with van der Waals surface area (Å²) in [5.41, 5.74) is 0.848. The number of piperidine rings is 1. The van der Waals surface area contributed by atoms with Crippen molar-refractivity contribution in [2.24, 2.45) is 0 Å². The molecule has 0 bridgehead atoms. The van der Waals surface area contributed by atoms with Crippen molar-refractivity contribution in [1.29, 1.82) is 0 Å². The summed E-state index contributed by atoms with van der Waals surface area (Å²) in [5, 5.41) is 2.91. The molecule has 1 amide bonds. The number of carbonyl (C=O) groups is 1. The molecule has 1 saturated heterocycles. The van der Waals surface area contributed by atoms with E-state index in [1.54, 1.807) is 7.11 Å². The summed E-state index contributed by atoms with van der Waals surface area (Å²) in [5.74, 6) is 2.46. The van der Waals surface area contributed by atoms with Gasteiger partial charge < -0.3 is 19.9 Å². The van der Waals surface area contributed by atoms with Crippen LogP contribution in [-0.2, 0) is 17.8 Å². The molecule has 0 radical (unpaired) electrons. The highest BCUT2D eigenvalue weighted by Crippen LogP contribution is 2.19. The molecule has 1 aromatic carbocycles. The Balaban J connectivity index is 1.68. The van der Waals surface area contributed by atoms with Gasteiger partial charge in [-0.15, -0.1) is 0 Å². The third-order valence-corrected chi connectivity index (χ3v) is 4.68. The van der Waals surface area contributed by atoms with E-state index in [9.17, 15) is 4.79 Å². The second-order valence-electron chi connectivity index (χ2n) is 7.06. The lowest BCUT2D eigenvalue weighted by atomic mass is 10.1. The van der Waals surface area contributed by atoms with Gasteiger partial charge in [0.2, 0.25) is 17.8 Å². The second kappa shape index (κ2) is 9.34. The van der Waals surface area contributed by atoms with Gasteiger partial charge in [0.15, 0.2) is 5.82 Å². The number of methoxy groups -OCH3 is 1. The van der Waals surface area contributed by atoms with Gasteiger partial charge >= 0.3 is 0 Å². The summed E-state index contributed by atoms with van der Waals surface area (Å²) < 4.78 is 5.31. The minimum absolute atomic E-state index is 0.101. The first kappa shape index (κ1) is 19.9.